The third-order valence-corrected chi connectivity index (χ3v) is 5.70. The van der Waals surface area contributed by atoms with E-state index in [2.05, 4.69) is 25.3 Å². The molecule has 162 valence electrons. The SMILES string of the molecule is Cc1noc2nc(-c3ccccc3F)cc(C(=O)NCc3ccc(N4CCCC4)nc3)c12. The standard InChI is InChI=1S/C24H22FN5O2/c1-15-22-18(12-20(28-24(22)32-29-15)17-6-2-3-7-19(17)25)23(31)27-14-16-8-9-21(26-13-16)30-10-4-5-11-30/h2-3,6-9,12-13H,4-5,10-11,14H2,1H3,(H,27,31). The van der Waals surface area contributed by atoms with Crippen LogP contribution in [0.25, 0.3) is 22.4 Å². The van der Waals surface area contributed by atoms with Crippen molar-refractivity contribution in [2.75, 3.05) is 18.0 Å². The van der Waals surface area contributed by atoms with E-state index in [9.17, 15) is 9.18 Å². The van der Waals surface area contributed by atoms with Crippen molar-refractivity contribution < 1.29 is 13.7 Å². The first-order valence-corrected chi connectivity index (χ1v) is 10.6. The van der Waals surface area contributed by atoms with Crippen molar-refractivity contribution in [3.05, 3.63) is 71.3 Å². The van der Waals surface area contributed by atoms with Gasteiger partial charge in [-0.3, -0.25) is 4.79 Å². The molecule has 1 fully saturated rings. The van der Waals surface area contributed by atoms with E-state index in [-0.39, 0.29) is 11.6 Å². The van der Waals surface area contributed by atoms with E-state index >= 15 is 0 Å². The summed E-state index contributed by atoms with van der Waals surface area (Å²) in [4.78, 5) is 24.3. The number of hydrogen-bond donors (Lipinski definition) is 1. The number of carbonyl (C=O) groups is 1. The molecule has 3 aromatic heterocycles. The number of amides is 1. The van der Waals surface area contributed by atoms with Gasteiger partial charge in [0.25, 0.3) is 11.6 Å². The number of benzene rings is 1. The molecule has 1 aliphatic heterocycles. The Labute approximate surface area is 184 Å². The average Bonchev–Trinajstić information content (AvgIpc) is 3.48. The van der Waals surface area contributed by atoms with Crippen LogP contribution in [0.5, 0.6) is 0 Å². The van der Waals surface area contributed by atoms with Crippen molar-refractivity contribution in [2.45, 2.75) is 26.3 Å². The lowest BCUT2D eigenvalue weighted by molar-refractivity contribution is 0.0952. The molecule has 0 radical (unpaired) electrons. The fourth-order valence-electron chi connectivity index (χ4n) is 4.01. The highest BCUT2D eigenvalue weighted by Gasteiger charge is 2.20. The van der Waals surface area contributed by atoms with Gasteiger partial charge >= 0.3 is 0 Å². The normalized spacial score (nSPS) is 13.6. The van der Waals surface area contributed by atoms with Gasteiger partial charge in [-0.15, -0.1) is 0 Å². The van der Waals surface area contributed by atoms with E-state index < -0.39 is 5.82 Å². The summed E-state index contributed by atoms with van der Waals surface area (Å²) in [6, 6.07) is 11.8. The highest BCUT2D eigenvalue weighted by atomic mass is 19.1. The van der Waals surface area contributed by atoms with Crippen LogP contribution in [-0.4, -0.2) is 34.1 Å². The van der Waals surface area contributed by atoms with Crippen molar-refractivity contribution in [3.8, 4) is 11.3 Å². The predicted octanol–water partition coefficient (Wildman–Crippen LogP) is 4.26. The first kappa shape index (κ1) is 20.1. The third-order valence-electron chi connectivity index (χ3n) is 5.70. The maximum absolute atomic E-state index is 14.3. The Bertz CT molecular complexity index is 1280. The predicted molar refractivity (Wildman–Crippen MR) is 119 cm³/mol. The van der Waals surface area contributed by atoms with Gasteiger partial charge in [0.05, 0.1) is 22.3 Å². The zero-order valence-corrected chi connectivity index (χ0v) is 17.6. The molecule has 0 unspecified atom stereocenters. The average molecular weight is 431 g/mol. The number of carbonyl (C=O) groups excluding carboxylic acids is 1. The van der Waals surface area contributed by atoms with Crippen LogP contribution in [0, 0.1) is 12.7 Å². The van der Waals surface area contributed by atoms with Gasteiger partial charge in [0.2, 0.25) is 0 Å². The van der Waals surface area contributed by atoms with Gasteiger partial charge in [-0.1, -0.05) is 23.4 Å². The summed E-state index contributed by atoms with van der Waals surface area (Å²) in [5.41, 5.74) is 2.59. The van der Waals surface area contributed by atoms with E-state index in [0.717, 1.165) is 24.5 Å². The lowest BCUT2D eigenvalue weighted by Gasteiger charge is -2.16. The van der Waals surface area contributed by atoms with Crippen molar-refractivity contribution in [3.63, 3.8) is 0 Å². The van der Waals surface area contributed by atoms with Gasteiger partial charge in [0.15, 0.2) is 0 Å². The summed E-state index contributed by atoms with van der Waals surface area (Å²) in [7, 11) is 0. The number of rotatable bonds is 5. The molecule has 0 bridgehead atoms. The molecule has 0 spiro atoms. The molecule has 7 nitrogen and oxygen atoms in total. The number of aryl methyl sites for hydroxylation is 1. The van der Waals surface area contributed by atoms with Gasteiger partial charge in [-0.25, -0.2) is 14.4 Å². The van der Waals surface area contributed by atoms with Crippen molar-refractivity contribution in [1.29, 1.82) is 0 Å². The number of nitrogens with zero attached hydrogens (tertiary/aromatic N) is 4. The molecule has 1 N–H and O–H groups in total. The summed E-state index contributed by atoms with van der Waals surface area (Å²) in [5.74, 6) is 0.221. The van der Waals surface area contributed by atoms with Crippen LogP contribution in [0.4, 0.5) is 10.2 Å². The topological polar surface area (TPSA) is 84.1 Å². The molecule has 4 heterocycles. The van der Waals surface area contributed by atoms with Gasteiger partial charge in [0.1, 0.15) is 11.6 Å². The molecule has 8 heteroatoms. The summed E-state index contributed by atoms with van der Waals surface area (Å²) < 4.78 is 19.6. The van der Waals surface area contributed by atoms with Crippen molar-refractivity contribution in [2.24, 2.45) is 0 Å². The van der Waals surface area contributed by atoms with Crippen molar-refractivity contribution >= 4 is 22.8 Å². The highest BCUT2D eigenvalue weighted by Crippen LogP contribution is 2.28. The molecule has 5 rings (SSSR count). The second-order valence-corrected chi connectivity index (χ2v) is 7.88. The molecule has 0 aliphatic carbocycles. The van der Waals surface area contributed by atoms with Crippen LogP contribution in [0.15, 0.2) is 53.2 Å². The molecule has 1 saturated heterocycles. The fourth-order valence-corrected chi connectivity index (χ4v) is 4.01. The molecular weight excluding hydrogens is 409 g/mol. The van der Waals surface area contributed by atoms with E-state index in [1.807, 2.05) is 12.1 Å². The third kappa shape index (κ3) is 3.79. The van der Waals surface area contributed by atoms with Crippen LogP contribution in [0.1, 0.15) is 34.5 Å². The maximum Gasteiger partial charge on any atom is 0.259 e. The van der Waals surface area contributed by atoms with Gasteiger partial charge in [-0.05, 0) is 49.6 Å². The van der Waals surface area contributed by atoms with E-state index in [1.54, 1.807) is 37.4 Å². The number of pyridine rings is 2. The minimum absolute atomic E-state index is 0.199. The largest absolute Gasteiger partial charge is 0.357 e. The highest BCUT2D eigenvalue weighted by molar-refractivity contribution is 6.07. The Morgan fingerprint density at radius 3 is 2.75 bits per heavy atom. The number of aromatic nitrogens is 3. The summed E-state index contributed by atoms with van der Waals surface area (Å²) in [6.07, 6.45) is 4.17. The first-order chi connectivity index (χ1) is 15.6. The molecular formula is C24H22FN5O2. The van der Waals surface area contributed by atoms with Crippen LogP contribution in [0.2, 0.25) is 0 Å². The molecule has 32 heavy (non-hydrogen) atoms. The Balaban J connectivity index is 1.40. The van der Waals surface area contributed by atoms with Crippen LogP contribution in [-0.2, 0) is 6.54 Å². The van der Waals surface area contributed by atoms with Gasteiger partial charge < -0.3 is 14.7 Å². The summed E-state index contributed by atoms with van der Waals surface area (Å²) in [5, 5.41) is 7.38. The van der Waals surface area contributed by atoms with Crippen molar-refractivity contribution in [1.82, 2.24) is 20.4 Å². The quantitative estimate of drug-likeness (QED) is 0.508. The second-order valence-electron chi connectivity index (χ2n) is 7.88. The minimum Gasteiger partial charge on any atom is -0.357 e. The molecule has 0 atom stereocenters. The van der Waals surface area contributed by atoms with Crippen LogP contribution >= 0.6 is 0 Å². The monoisotopic (exact) mass is 431 g/mol. The summed E-state index contributed by atoms with van der Waals surface area (Å²) >= 11 is 0. The number of fused-ring (bicyclic) bond motifs is 1. The number of nitrogens with one attached hydrogen (secondary N) is 1. The summed E-state index contributed by atoms with van der Waals surface area (Å²) in [6.45, 7) is 4.12. The number of hydrogen-bond acceptors (Lipinski definition) is 6. The molecule has 1 aromatic carbocycles. The van der Waals surface area contributed by atoms with Crippen LogP contribution < -0.4 is 10.2 Å². The van der Waals surface area contributed by atoms with E-state index in [4.69, 9.17) is 4.52 Å². The van der Waals surface area contributed by atoms with Gasteiger partial charge in [-0.2, -0.15) is 0 Å². The lowest BCUT2D eigenvalue weighted by Crippen LogP contribution is -2.24. The smallest absolute Gasteiger partial charge is 0.259 e. The van der Waals surface area contributed by atoms with E-state index in [0.29, 0.717) is 34.4 Å². The number of anilines is 1. The zero-order valence-electron chi connectivity index (χ0n) is 17.6. The minimum atomic E-state index is -0.425. The molecule has 1 aliphatic rings. The maximum atomic E-state index is 14.3. The van der Waals surface area contributed by atoms with Crippen LogP contribution in [0.3, 0.4) is 0 Å². The first-order valence-electron chi connectivity index (χ1n) is 10.6. The Kier molecular flexibility index (Phi) is 5.26. The molecule has 0 saturated carbocycles. The van der Waals surface area contributed by atoms with E-state index in [1.165, 1.54) is 18.9 Å². The molecule has 1 amide bonds. The number of halogens is 1. The Morgan fingerprint density at radius 2 is 2.00 bits per heavy atom. The van der Waals surface area contributed by atoms with Gasteiger partial charge in [0, 0.05) is 31.4 Å². The fraction of sp³-hybridized carbons (Fsp3) is 0.250. The Hall–Kier alpha value is -3.81. The lowest BCUT2D eigenvalue weighted by atomic mass is 10.0. The zero-order chi connectivity index (χ0) is 22.1. The molecule has 4 aromatic rings. The Morgan fingerprint density at radius 1 is 1.19 bits per heavy atom. The second kappa shape index (κ2) is 8.37.